The van der Waals surface area contributed by atoms with Gasteiger partial charge in [0.1, 0.15) is 17.7 Å². The molecule has 1 aromatic rings. The van der Waals surface area contributed by atoms with Crippen LogP contribution in [-0.4, -0.2) is 18.0 Å². The summed E-state index contributed by atoms with van der Waals surface area (Å²) in [5, 5.41) is 4.34. The Bertz CT molecular complexity index is 473. The van der Waals surface area contributed by atoms with Gasteiger partial charge in [0.15, 0.2) is 0 Å². The van der Waals surface area contributed by atoms with Crippen LogP contribution in [0.5, 0.6) is 0 Å². The van der Waals surface area contributed by atoms with Gasteiger partial charge in [-0.15, -0.1) is 0 Å². The molecule has 18 heavy (non-hydrogen) atoms. The highest BCUT2D eigenvalue weighted by Crippen LogP contribution is 2.27. The van der Waals surface area contributed by atoms with E-state index in [0.29, 0.717) is 6.07 Å². The third-order valence-corrected chi connectivity index (χ3v) is 2.63. The highest BCUT2D eigenvalue weighted by atomic mass is 79.9. The predicted molar refractivity (Wildman–Crippen MR) is 64.9 cm³/mol. The topological polar surface area (TPSA) is 84.2 Å². The van der Waals surface area contributed by atoms with Gasteiger partial charge >= 0.3 is 6.03 Å². The molecule has 0 spiro atoms. The van der Waals surface area contributed by atoms with E-state index in [1.54, 1.807) is 0 Å². The fraction of sp³-hybridized carbons (Fsp3) is 0.200. The Morgan fingerprint density at radius 3 is 2.50 bits per heavy atom. The van der Waals surface area contributed by atoms with E-state index in [9.17, 15) is 18.4 Å². The molecule has 98 valence electrons. The second-order valence-corrected chi connectivity index (χ2v) is 4.32. The molecule has 5 nitrogen and oxygen atoms in total. The van der Waals surface area contributed by atoms with Crippen LogP contribution in [-0.2, 0) is 4.79 Å². The summed E-state index contributed by atoms with van der Waals surface area (Å²) in [6, 6.07) is -0.211. The van der Waals surface area contributed by atoms with Crippen LogP contribution in [0, 0.1) is 11.6 Å². The molecule has 1 unspecified atom stereocenters. The second-order valence-electron chi connectivity index (χ2n) is 3.46. The molecule has 0 radical (unpaired) electrons. The van der Waals surface area contributed by atoms with Crippen molar-refractivity contribution in [2.24, 2.45) is 5.73 Å². The summed E-state index contributed by atoms with van der Waals surface area (Å²) in [6.07, 6.45) is 0. The van der Waals surface area contributed by atoms with Crippen molar-refractivity contribution in [1.82, 2.24) is 5.32 Å². The number of hydrogen-bond donors (Lipinski definition) is 3. The number of urea groups is 1. The number of carbonyl (C=O) groups is 2. The molecule has 1 atom stereocenters. The minimum atomic E-state index is -1.01. The normalized spacial score (nSPS) is 11.8. The van der Waals surface area contributed by atoms with E-state index in [0.717, 1.165) is 6.07 Å². The van der Waals surface area contributed by atoms with Crippen molar-refractivity contribution in [2.45, 2.75) is 13.0 Å². The predicted octanol–water partition coefficient (Wildman–Crippen LogP) is 1.72. The zero-order valence-corrected chi connectivity index (χ0v) is 10.8. The summed E-state index contributed by atoms with van der Waals surface area (Å²) >= 11 is 2.96. The third kappa shape index (κ3) is 3.66. The number of carbonyl (C=O) groups excluding carboxylic acids is 2. The van der Waals surface area contributed by atoms with Crippen molar-refractivity contribution in [3.63, 3.8) is 0 Å². The van der Waals surface area contributed by atoms with E-state index in [-0.39, 0.29) is 10.2 Å². The van der Waals surface area contributed by atoms with E-state index in [1.165, 1.54) is 6.92 Å². The van der Waals surface area contributed by atoms with Gasteiger partial charge in [0.2, 0.25) is 5.91 Å². The smallest absolute Gasteiger partial charge is 0.318 e. The first-order valence-corrected chi connectivity index (χ1v) is 5.62. The van der Waals surface area contributed by atoms with Crippen LogP contribution in [0.1, 0.15) is 6.92 Å². The van der Waals surface area contributed by atoms with Crippen molar-refractivity contribution in [1.29, 1.82) is 0 Å². The van der Waals surface area contributed by atoms with E-state index in [2.05, 4.69) is 21.2 Å². The summed E-state index contributed by atoms with van der Waals surface area (Å²) in [6.45, 7) is 1.40. The Kier molecular flexibility index (Phi) is 4.60. The Morgan fingerprint density at radius 1 is 1.39 bits per heavy atom. The molecule has 0 heterocycles. The van der Waals surface area contributed by atoms with E-state index in [1.807, 2.05) is 5.32 Å². The number of halogens is 3. The third-order valence-electron chi connectivity index (χ3n) is 2.01. The van der Waals surface area contributed by atoms with E-state index in [4.69, 9.17) is 5.73 Å². The number of imide groups is 1. The van der Waals surface area contributed by atoms with Gasteiger partial charge in [-0.2, -0.15) is 0 Å². The number of rotatable bonds is 3. The molecule has 0 saturated heterocycles. The standard InChI is InChI=1S/C10H10BrF2N3O2/c1-4(9(17)16-10(14)18)15-8-6(11)2-5(12)3-7(8)13/h2-4,15H,1H3,(H3,14,16,17,18). The highest BCUT2D eigenvalue weighted by molar-refractivity contribution is 9.10. The zero-order chi connectivity index (χ0) is 13.9. The molecular formula is C10H10BrF2N3O2. The van der Waals surface area contributed by atoms with Crippen LogP contribution in [0.2, 0.25) is 0 Å². The Balaban J connectivity index is 2.85. The summed E-state index contributed by atoms with van der Waals surface area (Å²) in [7, 11) is 0. The Labute approximate surface area is 110 Å². The summed E-state index contributed by atoms with van der Waals surface area (Å²) in [4.78, 5) is 21.8. The van der Waals surface area contributed by atoms with Crippen LogP contribution in [0.4, 0.5) is 19.3 Å². The fourth-order valence-electron chi connectivity index (χ4n) is 1.19. The molecule has 0 aromatic heterocycles. The van der Waals surface area contributed by atoms with Crippen LogP contribution in [0.25, 0.3) is 0 Å². The summed E-state index contributed by atoms with van der Waals surface area (Å²) in [5.74, 6) is -2.34. The number of nitrogens with one attached hydrogen (secondary N) is 2. The molecular weight excluding hydrogens is 312 g/mol. The van der Waals surface area contributed by atoms with Gasteiger partial charge in [-0.3, -0.25) is 10.1 Å². The molecule has 0 fully saturated rings. The van der Waals surface area contributed by atoms with Gasteiger partial charge in [-0.25, -0.2) is 13.6 Å². The maximum atomic E-state index is 13.4. The average Bonchev–Trinajstić information content (AvgIpc) is 2.21. The second kappa shape index (κ2) is 5.76. The summed E-state index contributed by atoms with van der Waals surface area (Å²) in [5.41, 5.74) is 4.69. The number of benzene rings is 1. The first kappa shape index (κ1) is 14.4. The fourth-order valence-corrected chi connectivity index (χ4v) is 1.71. The lowest BCUT2D eigenvalue weighted by molar-refractivity contribution is -0.120. The van der Waals surface area contributed by atoms with Gasteiger partial charge in [-0.05, 0) is 28.9 Å². The molecule has 1 rings (SSSR count). The first-order valence-electron chi connectivity index (χ1n) is 4.82. The lowest BCUT2D eigenvalue weighted by atomic mass is 10.2. The van der Waals surface area contributed by atoms with Gasteiger partial charge in [-0.1, -0.05) is 0 Å². The highest BCUT2D eigenvalue weighted by Gasteiger charge is 2.18. The molecule has 1 aromatic carbocycles. The molecule has 0 saturated carbocycles. The van der Waals surface area contributed by atoms with Crippen LogP contribution < -0.4 is 16.4 Å². The minimum absolute atomic E-state index is 0.0801. The number of anilines is 1. The van der Waals surface area contributed by atoms with Crippen LogP contribution in [0.15, 0.2) is 16.6 Å². The lowest BCUT2D eigenvalue weighted by Crippen LogP contribution is -2.43. The monoisotopic (exact) mass is 321 g/mol. The van der Waals surface area contributed by atoms with Crippen LogP contribution >= 0.6 is 15.9 Å². The van der Waals surface area contributed by atoms with Crippen molar-refractivity contribution >= 4 is 33.6 Å². The van der Waals surface area contributed by atoms with Crippen molar-refractivity contribution in [2.75, 3.05) is 5.32 Å². The maximum absolute atomic E-state index is 13.4. The quantitative estimate of drug-likeness (QED) is 0.792. The molecule has 3 amide bonds. The number of nitrogens with two attached hydrogens (primary N) is 1. The molecule has 4 N–H and O–H groups in total. The number of hydrogen-bond acceptors (Lipinski definition) is 3. The number of primary amides is 1. The lowest BCUT2D eigenvalue weighted by Gasteiger charge is -2.15. The summed E-state index contributed by atoms with van der Waals surface area (Å²) < 4.78 is 26.4. The zero-order valence-electron chi connectivity index (χ0n) is 9.26. The maximum Gasteiger partial charge on any atom is 0.318 e. The van der Waals surface area contributed by atoms with E-state index >= 15 is 0 Å². The minimum Gasteiger partial charge on any atom is -0.371 e. The SMILES string of the molecule is CC(Nc1c(F)cc(F)cc1Br)C(=O)NC(N)=O. The molecule has 0 aliphatic heterocycles. The first-order chi connectivity index (χ1) is 8.31. The van der Waals surface area contributed by atoms with Crippen molar-refractivity contribution < 1.29 is 18.4 Å². The molecule has 0 aliphatic carbocycles. The number of amides is 3. The van der Waals surface area contributed by atoms with E-state index < -0.39 is 29.6 Å². The largest absolute Gasteiger partial charge is 0.371 e. The van der Waals surface area contributed by atoms with Gasteiger partial charge < -0.3 is 11.1 Å². The van der Waals surface area contributed by atoms with Gasteiger partial charge in [0.05, 0.1) is 5.69 Å². The van der Waals surface area contributed by atoms with Crippen molar-refractivity contribution in [3.05, 3.63) is 28.2 Å². The Hall–Kier alpha value is -1.70. The average molecular weight is 322 g/mol. The van der Waals surface area contributed by atoms with Gasteiger partial charge in [0.25, 0.3) is 0 Å². The van der Waals surface area contributed by atoms with Crippen molar-refractivity contribution in [3.8, 4) is 0 Å². The van der Waals surface area contributed by atoms with Crippen LogP contribution in [0.3, 0.4) is 0 Å². The Morgan fingerprint density at radius 2 is 2.00 bits per heavy atom. The molecule has 0 aliphatic rings. The molecule has 8 heteroatoms. The van der Waals surface area contributed by atoms with Gasteiger partial charge in [0, 0.05) is 10.5 Å². The molecule has 0 bridgehead atoms.